The van der Waals surface area contributed by atoms with E-state index in [0.717, 1.165) is 0 Å². The third kappa shape index (κ3) is 5.95. The zero-order valence-electron chi connectivity index (χ0n) is 8.24. The maximum absolute atomic E-state index is 10.4. The topological polar surface area (TPSA) is 173 Å². The zero-order valence-corrected chi connectivity index (χ0v) is 9.05. The largest absolute Gasteiger partial charge is 0.480 e. The van der Waals surface area contributed by atoms with Gasteiger partial charge in [-0.25, -0.2) is 4.18 Å². The summed E-state index contributed by atoms with van der Waals surface area (Å²) in [5.74, 6) is -3.67. The van der Waals surface area contributed by atoms with Crippen molar-refractivity contribution >= 4 is 16.4 Å². The van der Waals surface area contributed by atoms with E-state index in [1.54, 1.807) is 0 Å². The summed E-state index contributed by atoms with van der Waals surface area (Å²) in [6.45, 7) is -0.640. The average Bonchev–Trinajstić information content (AvgIpc) is 2.11. The van der Waals surface area contributed by atoms with Crippen molar-refractivity contribution in [2.75, 3.05) is 6.54 Å². The summed E-state index contributed by atoms with van der Waals surface area (Å²) >= 11 is 0. The monoisotopic (exact) mass is 258 g/mol. The van der Waals surface area contributed by atoms with Gasteiger partial charge in [0.05, 0.1) is 0 Å². The van der Waals surface area contributed by atoms with Crippen molar-refractivity contribution in [3.63, 3.8) is 0 Å². The first-order valence-corrected chi connectivity index (χ1v) is 5.55. The predicted molar refractivity (Wildman–Crippen MR) is 51.5 cm³/mol. The molecule has 0 aliphatic rings. The Morgan fingerprint density at radius 2 is 2.00 bits per heavy atom. The van der Waals surface area contributed by atoms with Crippen LogP contribution in [-0.4, -0.2) is 47.5 Å². The molecule has 0 amide bonds. The summed E-state index contributed by atoms with van der Waals surface area (Å²) in [6.07, 6.45) is -0.713. The molecule has 0 aromatic carbocycles. The Morgan fingerprint density at radius 3 is 2.31 bits per heavy atom. The Morgan fingerprint density at radius 1 is 1.50 bits per heavy atom. The quantitative estimate of drug-likeness (QED) is 0.247. The fourth-order valence-electron chi connectivity index (χ4n) is 0.878. The van der Waals surface area contributed by atoms with Crippen molar-refractivity contribution in [2.45, 2.75) is 24.7 Å². The minimum Gasteiger partial charge on any atom is -0.480 e. The highest BCUT2D eigenvalue weighted by atomic mass is 32.3. The Bertz CT molecular complexity index is 343. The number of rotatable bonds is 7. The molecular formula is C6H14N2O7S. The van der Waals surface area contributed by atoms with E-state index in [1.807, 2.05) is 0 Å². The lowest BCUT2D eigenvalue weighted by Crippen LogP contribution is -2.44. The third-order valence-corrected chi connectivity index (χ3v) is 2.26. The second-order valence-corrected chi connectivity index (χ2v) is 4.17. The SMILES string of the molecule is NCC(O)(CCC(N)C(=O)O)OS(=O)(=O)O. The van der Waals surface area contributed by atoms with Crippen LogP contribution in [-0.2, 0) is 19.4 Å². The highest BCUT2D eigenvalue weighted by Crippen LogP contribution is 2.16. The molecule has 10 heteroatoms. The van der Waals surface area contributed by atoms with E-state index in [0.29, 0.717) is 0 Å². The zero-order chi connectivity index (χ0) is 13.0. The minimum absolute atomic E-state index is 0.265. The van der Waals surface area contributed by atoms with Crippen LogP contribution in [0.1, 0.15) is 12.8 Å². The number of carbonyl (C=O) groups is 1. The first kappa shape index (κ1) is 15.2. The summed E-state index contributed by atoms with van der Waals surface area (Å²) < 4.78 is 33.0. The van der Waals surface area contributed by atoms with Gasteiger partial charge in [-0.3, -0.25) is 9.35 Å². The van der Waals surface area contributed by atoms with Crippen molar-refractivity contribution in [1.29, 1.82) is 0 Å². The van der Waals surface area contributed by atoms with Gasteiger partial charge in [0, 0.05) is 13.0 Å². The summed E-state index contributed by atoms with van der Waals surface area (Å²) in [5, 5.41) is 17.9. The number of hydrogen-bond donors (Lipinski definition) is 5. The Labute approximate surface area is 91.9 Å². The molecule has 2 atom stereocenters. The highest BCUT2D eigenvalue weighted by molar-refractivity contribution is 7.80. The molecule has 0 heterocycles. The van der Waals surface area contributed by atoms with Crippen molar-refractivity contribution in [2.24, 2.45) is 11.5 Å². The summed E-state index contributed by atoms with van der Waals surface area (Å²) in [7, 11) is -4.88. The first-order valence-electron chi connectivity index (χ1n) is 4.18. The lowest BCUT2D eigenvalue weighted by atomic mass is 10.1. The molecule has 0 fully saturated rings. The van der Waals surface area contributed by atoms with Crippen LogP contribution >= 0.6 is 0 Å². The van der Waals surface area contributed by atoms with Gasteiger partial charge in [-0.1, -0.05) is 0 Å². The standard InChI is InChI=1S/C6H14N2O7S/c7-3-6(11,15-16(12,13)14)2-1-4(8)5(9)10/h4,11H,1-3,7-8H2,(H,9,10)(H,12,13,14). The average molecular weight is 258 g/mol. The summed E-state index contributed by atoms with van der Waals surface area (Å²) in [6, 6.07) is -1.29. The van der Waals surface area contributed by atoms with E-state index >= 15 is 0 Å². The van der Waals surface area contributed by atoms with Crippen molar-refractivity contribution in [1.82, 2.24) is 0 Å². The normalized spacial score (nSPS) is 17.8. The predicted octanol–water partition coefficient (Wildman–Crippen LogP) is -2.35. The molecule has 96 valence electrons. The smallest absolute Gasteiger partial charge is 0.400 e. The molecule has 0 aliphatic heterocycles. The molecule has 0 aliphatic carbocycles. The fraction of sp³-hybridized carbons (Fsp3) is 0.833. The Hall–Kier alpha value is -0.780. The molecule has 0 aromatic rings. The van der Waals surface area contributed by atoms with E-state index in [9.17, 15) is 18.3 Å². The molecule has 0 radical (unpaired) electrons. The fourth-order valence-corrected chi connectivity index (χ4v) is 1.42. The molecule has 9 nitrogen and oxygen atoms in total. The molecule has 0 rings (SSSR count). The number of hydrogen-bond acceptors (Lipinski definition) is 7. The summed E-state index contributed by atoms with van der Waals surface area (Å²) in [4.78, 5) is 10.3. The molecule has 0 spiro atoms. The summed E-state index contributed by atoms with van der Waals surface area (Å²) in [5.41, 5.74) is 10.2. The molecule has 0 saturated heterocycles. The van der Waals surface area contributed by atoms with Crippen LogP contribution in [0.2, 0.25) is 0 Å². The molecule has 7 N–H and O–H groups in total. The molecule has 2 unspecified atom stereocenters. The minimum atomic E-state index is -4.88. The van der Waals surface area contributed by atoms with Gasteiger partial charge in [0.15, 0.2) is 5.79 Å². The van der Waals surface area contributed by atoms with Crippen LogP contribution in [0, 0.1) is 0 Å². The van der Waals surface area contributed by atoms with E-state index in [1.165, 1.54) is 0 Å². The van der Waals surface area contributed by atoms with Crippen molar-refractivity contribution in [3.05, 3.63) is 0 Å². The van der Waals surface area contributed by atoms with Crippen LogP contribution in [0.3, 0.4) is 0 Å². The Balaban J connectivity index is 4.44. The second-order valence-electron chi connectivity index (χ2n) is 3.14. The second kappa shape index (κ2) is 5.52. The van der Waals surface area contributed by atoms with E-state index < -0.39 is 41.2 Å². The van der Waals surface area contributed by atoms with E-state index in [-0.39, 0.29) is 6.42 Å². The number of carboxylic acid groups (broad SMARTS) is 1. The maximum Gasteiger partial charge on any atom is 0.400 e. The first-order chi connectivity index (χ1) is 7.09. The van der Waals surface area contributed by atoms with Gasteiger partial charge in [0.25, 0.3) is 0 Å². The third-order valence-electron chi connectivity index (χ3n) is 1.74. The van der Waals surface area contributed by atoms with Crippen LogP contribution in [0.5, 0.6) is 0 Å². The number of carboxylic acids is 1. The molecule has 16 heavy (non-hydrogen) atoms. The lowest BCUT2D eigenvalue weighted by molar-refractivity contribution is -0.144. The molecule has 0 aromatic heterocycles. The molecule has 0 bridgehead atoms. The highest BCUT2D eigenvalue weighted by Gasteiger charge is 2.33. The lowest BCUT2D eigenvalue weighted by Gasteiger charge is -2.24. The van der Waals surface area contributed by atoms with Gasteiger partial charge < -0.3 is 21.7 Å². The van der Waals surface area contributed by atoms with Crippen LogP contribution < -0.4 is 11.5 Å². The maximum atomic E-state index is 10.4. The van der Waals surface area contributed by atoms with Crippen LogP contribution in [0.25, 0.3) is 0 Å². The van der Waals surface area contributed by atoms with Crippen LogP contribution in [0.4, 0.5) is 0 Å². The van der Waals surface area contributed by atoms with Gasteiger partial charge in [-0.05, 0) is 6.42 Å². The van der Waals surface area contributed by atoms with Gasteiger partial charge in [0.2, 0.25) is 0 Å². The Kier molecular flexibility index (Phi) is 5.25. The van der Waals surface area contributed by atoms with Gasteiger partial charge >= 0.3 is 16.4 Å². The van der Waals surface area contributed by atoms with Gasteiger partial charge in [-0.2, -0.15) is 8.42 Å². The van der Waals surface area contributed by atoms with Crippen molar-refractivity contribution < 1.29 is 32.2 Å². The number of aliphatic hydroxyl groups is 1. The van der Waals surface area contributed by atoms with Gasteiger partial charge in [-0.15, -0.1) is 0 Å². The van der Waals surface area contributed by atoms with Crippen molar-refractivity contribution in [3.8, 4) is 0 Å². The number of aliphatic carboxylic acids is 1. The molecule has 0 saturated carbocycles. The van der Waals surface area contributed by atoms with E-state index in [2.05, 4.69) is 4.18 Å². The van der Waals surface area contributed by atoms with Gasteiger partial charge in [0.1, 0.15) is 6.04 Å². The number of nitrogens with two attached hydrogens (primary N) is 2. The van der Waals surface area contributed by atoms with Crippen LogP contribution in [0.15, 0.2) is 0 Å². The molecular weight excluding hydrogens is 244 g/mol. The van der Waals surface area contributed by atoms with E-state index in [4.69, 9.17) is 21.1 Å².